The number of tetrazole rings is 1. The molecule has 1 saturated heterocycles. The van der Waals surface area contributed by atoms with Crippen LogP contribution in [0.4, 0.5) is 5.82 Å². The van der Waals surface area contributed by atoms with Gasteiger partial charge < -0.3 is 4.90 Å². The number of aromatic nitrogens is 5. The lowest BCUT2D eigenvalue weighted by atomic mass is 10.1. The summed E-state index contributed by atoms with van der Waals surface area (Å²) in [5.74, 6) is 0.906. The van der Waals surface area contributed by atoms with Crippen LogP contribution in [0.5, 0.6) is 0 Å². The van der Waals surface area contributed by atoms with Gasteiger partial charge in [-0.25, -0.2) is 0 Å². The number of alkyl halides is 1. The first-order valence-electron chi connectivity index (χ1n) is 5.27. The highest BCUT2D eigenvalue weighted by Gasteiger charge is 2.18. The second-order valence-corrected chi connectivity index (χ2v) is 4.50. The normalized spacial score (nSPS) is 18.2. The zero-order valence-corrected chi connectivity index (χ0v) is 9.38. The Balaban J connectivity index is 1.87. The van der Waals surface area contributed by atoms with Crippen molar-refractivity contribution in [3.8, 4) is 0 Å². The molecule has 16 heavy (non-hydrogen) atoms. The molecular formula is C9H11ClN6. The van der Waals surface area contributed by atoms with Crippen molar-refractivity contribution < 1.29 is 0 Å². The Labute approximate surface area is 97.2 Å². The van der Waals surface area contributed by atoms with Crippen molar-refractivity contribution in [2.75, 3.05) is 18.0 Å². The Kier molecular flexibility index (Phi) is 2.36. The Morgan fingerprint density at radius 1 is 1.25 bits per heavy atom. The molecule has 2 aromatic rings. The topological polar surface area (TPSA) is 59.2 Å². The molecule has 84 valence electrons. The summed E-state index contributed by atoms with van der Waals surface area (Å²) in [5.41, 5.74) is 0.663. The van der Waals surface area contributed by atoms with Gasteiger partial charge in [0.15, 0.2) is 11.5 Å². The molecule has 0 N–H and O–H groups in total. The van der Waals surface area contributed by atoms with Gasteiger partial charge in [-0.2, -0.15) is 0 Å². The Hall–Kier alpha value is -1.43. The van der Waals surface area contributed by atoms with E-state index in [0.717, 1.165) is 31.7 Å². The molecule has 2 aromatic heterocycles. The smallest absolute Gasteiger partial charge is 0.200 e. The van der Waals surface area contributed by atoms with Crippen LogP contribution in [0.2, 0.25) is 0 Å². The minimum atomic E-state index is 0.299. The first kappa shape index (κ1) is 9.77. The van der Waals surface area contributed by atoms with E-state index in [1.54, 1.807) is 0 Å². The fraction of sp³-hybridized carbons (Fsp3) is 0.556. The molecular weight excluding hydrogens is 228 g/mol. The fourth-order valence-corrected chi connectivity index (χ4v) is 2.08. The van der Waals surface area contributed by atoms with Gasteiger partial charge in [0.25, 0.3) is 0 Å². The van der Waals surface area contributed by atoms with E-state index in [4.69, 9.17) is 11.6 Å². The summed E-state index contributed by atoms with van der Waals surface area (Å²) in [4.78, 5) is 2.21. The maximum atomic E-state index is 6.06. The third-order valence-corrected chi connectivity index (χ3v) is 3.24. The van der Waals surface area contributed by atoms with Crippen LogP contribution in [-0.4, -0.2) is 43.7 Å². The van der Waals surface area contributed by atoms with Crippen molar-refractivity contribution >= 4 is 23.1 Å². The number of hydrogen-bond acceptors (Lipinski definition) is 5. The van der Waals surface area contributed by atoms with Crippen LogP contribution < -0.4 is 4.90 Å². The molecule has 7 heteroatoms. The number of hydrogen-bond donors (Lipinski definition) is 0. The summed E-state index contributed by atoms with van der Waals surface area (Å²) >= 11 is 6.06. The summed E-state index contributed by atoms with van der Waals surface area (Å²) in [6, 6.07) is 3.81. The second kappa shape index (κ2) is 3.86. The summed E-state index contributed by atoms with van der Waals surface area (Å²) in [6.45, 7) is 1.88. The van der Waals surface area contributed by atoms with E-state index >= 15 is 0 Å². The van der Waals surface area contributed by atoms with Crippen molar-refractivity contribution in [1.29, 1.82) is 0 Å². The molecule has 3 rings (SSSR count). The fourth-order valence-electron chi connectivity index (χ4n) is 1.89. The molecule has 0 unspecified atom stereocenters. The van der Waals surface area contributed by atoms with Crippen molar-refractivity contribution in [1.82, 2.24) is 25.3 Å². The number of fused-ring (bicyclic) bond motifs is 1. The summed E-state index contributed by atoms with van der Waals surface area (Å²) in [7, 11) is 0. The van der Waals surface area contributed by atoms with Gasteiger partial charge in [0, 0.05) is 18.5 Å². The van der Waals surface area contributed by atoms with E-state index < -0.39 is 0 Å². The maximum Gasteiger partial charge on any atom is 0.200 e. The molecule has 1 aliphatic heterocycles. The Bertz CT molecular complexity index is 489. The zero-order valence-electron chi connectivity index (χ0n) is 8.62. The molecule has 3 heterocycles. The number of nitrogens with zero attached hydrogens (tertiary/aromatic N) is 6. The van der Waals surface area contributed by atoms with E-state index in [1.165, 1.54) is 4.63 Å². The van der Waals surface area contributed by atoms with E-state index in [-0.39, 0.29) is 0 Å². The number of halogens is 1. The van der Waals surface area contributed by atoms with Crippen LogP contribution in [0.1, 0.15) is 12.8 Å². The molecule has 0 radical (unpaired) electrons. The van der Waals surface area contributed by atoms with Gasteiger partial charge in [-0.1, -0.05) is 0 Å². The first-order chi connectivity index (χ1) is 7.83. The average Bonchev–Trinajstić information content (AvgIpc) is 2.77. The van der Waals surface area contributed by atoms with Gasteiger partial charge >= 0.3 is 0 Å². The van der Waals surface area contributed by atoms with Crippen LogP contribution in [0.25, 0.3) is 5.65 Å². The molecule has 0 aliphatic carbocycles. The molecule has 0 amide bonds. The molecule has 6 nitrogen and oxygen atoms in total. The largest absolute Gasteiger partial charge is 0.355 e. The van der Waals surface area contributed by atoms with Gasteiger partial charge in [0.05, 0.1) is 0 Å². The van der Waals surface area contributed by atoms with Crippen molar-refractivity contribution in [3.05, 3.63) is 12.1 Å². The van der Waals surface area contributed by atoms with Crippen LogP contribution in [0.15, 0.2) is 12.1 Å². The van der Waals surface area contributed by atoms with Crippen LogP contribution >= 0.6 is 11.6 Å². The Morgan fingerprint density at radius 2 is 2.06 bits per heavy atom. The number of rotatable bonds is 1. The van der Waals surface area contributed by atoms with E-state index in [0.29, 0.717) is 11.0 Å². The van der Waals surface area contributed by atoms with Gasteiger partial charge in [-0.05, 0) is 35.4 Å². The molecule has 0 bridgehead atoms. The molecule has 0 spiro atoms. The van der Waals surface area contributed by atoms with Gasteiger partial charge in [0.2, 0.25) is 0 Å². The highest BCUT2D eigenvalue weighted by molar-refractivity contribution is 6.20. The first-order valence-corrected chi connectivity index (χ1v) is 5.71. The minimum Gasteiger partial charge on any atom is -0.355 e. The molecule has 1 fully saturated rings. The van der Waals surface area contributed by atoms with Crippen LogP contribution in [0.3, 0.4) is 0 Å². The Morgan fingerprint density at radius 3 is 2.88 bits per heavy atom. The molecule has 0 aromatic carbocycles. The highest BCUT2D eigenvalue weighted by atomic mass is 35.5. The van der Waals surface area contributed by atoms with Crippen molar-refractivity contribution in [3.63, 3.8) is 0 Å². The molecule has 1 aliphatic rings. The van der Waals surface area contributed by atoms with Gasteiger partial charge in [-0.3, -0.25) is 0 Å². The third-order valence-electron chi connectivity index (χ3n) is 2.80. The predicted octanol–water partition coefficient (Wildman–Crippen LogP) is 0.727. The monoisotopic (exact) mass is 238 g/mol. The van der Waals surface area contributed by atoms with E-state index in [2.05, 4.69) is 25.5 Å². The zero-order chi connectivity index (χ0) is 11.0. The summed E-state index contributed by atoms with van der Waals surface area (Å²) < 4.78 is 1.45. The molecule has 0 saturated carbocycles. The van der Waals surface area contributed by atoms with Crippen molar-refractivity contribution in [2.24, 2.45) is 0 Å². The second-order valence-electron chi connectivity index (χ2n) is 3.88. The lowest BCUT2D eigenvalue weighted by Crippen LogP contribution is -2.34. The maximum absolute atomic E-state index is 6.06. The van der Waals surface area contributed by atoms with Crippen LogP contribution in [-0.2, 0) is 0 Å². The SMILES string of the molecule is ClC1CCN(c2ccc3nnnn3n2)CC1. The lowest BCUT2D eigenvalue weighted by molar-refractivity contribution is 0.573. The third kappa shape index (κ3) is 1.69. The minimum absolute atomic E-state index is 0.299. The summed E-state index contributed by atoms with van der Waals surface area (Å²) in [6.07, 6.45) is 1.99. The standard InChI is InChI=1S/C9H11ClN6/c10-7-3-5-15(6-4-7)9-2-1-8-11-13-14-16(8)12-9/h1-2,7H,3-6H2. The van der Waals surface area contributed by atoms with Gasteiger partial charge in [-0.15, -0.1) is 26.4 Å². The lowest BCUT2D eigenvalue weighted by Gasteiger charge is -2.29. The summed E-state index contributed by atoms with van der Waals surface area (Å²) in [5, 5.41) is 15.8. The van der Waals surface area contributed by atoms with E-state index in [1.807, 2.05) is 12.1 Å². The molecule has 0 atom stereocenters. The number of piperidine rings is 1. The van der Waals surface area contributed by atoms with E-state index in [9.17, 15) is 0 Å². The number of anilines is 1. The quantitative estimate of drug-likeness (QED) is 0.686. The predicted molar refractivity (Wildman–Crippen MR) is 59.7 cm³/mol. The highest BCUT2D eigenvalue weighted by Crippen LogP contribution is 2.20. The van der Waals surface area contributed by atoms with Crippen LogP contribution in [0, 0.1) is 0 Å². The van der Waals surface area contributed by atoms with Gasteiger partial charge in [0.1, 0.15) is 0 Å². The van der Waals surface area contributed by atoms with Crippen molar-refractivity contribution in [2.45, 2.75) is 18.2 Å². The average molecular weight is 239 g/mol.